The summed E-state index contributed by atoms with van der Waals surface area (Å²) in [6.45, 7) is 1.03. The Labute approximate surface area is 146 Å². The average molecular weight is 390 g/mol. The first-order valence-corrected chi connectivity index (χ1v) is 8.54. The van der Waals surface area contributed by atoms with Crippen LogP contribution < -0.4 is 5.73 Å². The van der Waals surface area contributed by atoms with Crippen molar-refractivity contribution in [2.45, 2.75) is 18.8 Å². The summed E-state index contributed by atoms with van der Waals surface area (Å²) in [4.78, 5) is 25.1. The van der Waals surface area contributed by atoms with Crippen LogP contribution in [0.3, 0.4) is 0 Å². The standard InChI is InChI=1S/C16H16BrN5O2/c17-9-3-4-10-11(6-9)19-14(18)13-12(10)20-15(21-13)8-2-1-5-22(7-8)16(23)24/h3-4,6,8H,1-2,5,7H2,(H2,18,19)(H,20,21)(H,23,24). The third-order valence-electron chi connectivity index (χ3n) is 4.51. The molecule has 24 heavy (non-hydrogen) atoms. The first-order valence-electron chi connectivity index (χ1n) is 7.75. The third kappa shape index (κ3) is 2.47. The second-order valence-corrected chi connectivity index (χ2v) is 6.99. The summed E-state index contributed by atoms with van der Waals surface area (Å²) in [5, 5.41) is 10.2. The number of aromatic nitrogens is 3. The number of fused-ring (bicyclic) bond motifs is 3. The average Bonchev–Trinajstić information content (AvgIpc) is 3.01. The zero-order valence-corrected chi connectivity index (χ0v) is 14.4. The third-order valence-corrected chi connectivity index (χ3v) is 5.01. The first-order chi connectivity index (χ1) is 11.5. The normalized spacial score (nSPS) is 18.4. The van der Waals surface area contributed by atoms with Crippen molar-refractivity contribution >= 4 is 49.8 Å². The van der Waals surface area contributed by atoms with Crippen molar-refractivity contribution in [1.29, 1.82) is 0 Å². The van der Waals surface area contributed by atoms with Gasteiger partial charge in [0.05, 0.1) is 11.0 Å². The Morgan fingerprint density at radius 2 is 2.25 bits per heavy atom. The van der Waals surface area contributed by atoms with E-state index in [4.69, 9.17) is 5.73 Å². The number of hydrogen-bond donors (Lipinski definition) is 3. The van der Waals surface area contributed by atoms with Gasteiger partial charge in [0.25, 0.3) is 0 Å². The molecule has 1 atom stereocenters. The Hall–Kier alpha value is -2.35. The molecular weight excluding hydrogens is 374 g/mol. The maximum atomic E-state index is 11.2. The molecule has 7 nitrogen and oxygen atoms in total. The lowest BCUT2D eigenvalue weighted by Gasteiger charge is -2.29. The van der Waals surface area contributed by atoms with Crippen molar-refractivity contribution in [3.8, 4) is 0 Å². The van der Waals surface area contributed by atoms with Crippen molar-refractivity contribution in [2.75, 3.05) is 18.8 Å². The number of halogens is 1. The minimum Gasteiger partial charge on any atom is -0.465 e. The van der Waals surface area contributed by atoms with E-state index in [1.807, 2.05) is 18.2 Å². The van der Waals surface area contributed by atoms with E-state index in [1.54, 1.807) is 0 Å². The van der Waals surface area contributed by atoms with Crippen LogP contribution in [0.15, 0.2) is 22.7 Å². The number of likely N-dealkylation sites (tertiary alicyclic amines) is 1. The molecule has 4 N–H and O–H groups in total. The van der Waals surface area contributed by atoms with Gasteiger partial charge in [0.2, 0.25) is 0 Å². The van der Waals surface area contributed by atoms with E-state index in [9.17, 15) is 9.90 Å². The molecule has 2 aromatic heterocycles. The van der Waals surface area contributed by atoms with Crippen molar-refractivity contribution < 1.29 is 9.90 Å². The molecule has 1 aliphatic heterocycles. The van der Waals surface area contributed by atoms with Crippen LogP contribution in [0.2, 0.25) is 0 Å². The largest absolute Gasteiger partial charge is 0.465 e. The van der Waals surface area contributed by atoms with Crippen LogP contribution >= 0.6 is 15.9 Å². The molecule has 3 aromatic rings. The number of nitrogen functional groups attached to an aromatic ring is 1. The lowest BCUT2D eigenvalue weighted by atomic mass is 9.98. The predicted molar refractivity (Wildman–Crippen MR) is 95.1 cm³/mol. The van der Waals surface area contributed by atoms with E-state index >= 15 is 0 Å². The Morgan fingerprint density at radius 1 is 1.42 bits per heavy atom. The monoisotopic (exact) mass is 389 g/mol. The fourth-order valence-electron chi connectivity index (χ4n) is 3.33. The molecule has 0 spiro atoms. The van der Waals surface area contributed by atoms with Crippen LogP contribution in [0.4, 0.5) is 10.6 Å². The van der Waals surface area contributed by atoms with Crippen molar-refractivity contribution in [1.82, 2.24) is 19.9 Å². The lowest BCUT2D eigenvalue weighted by molar-refractivity contribution is 0.129. The molecule has 1 aromatic carbocycles. The van der Waals surface area contributed by atoms with E-state index in [0.717, 1.165) is 39.6 Å². The summed E-state index contributed by atoms with van der Waals surface area (Å²) in [5.41, 5.74) is 8.37. The number of imidazole rings is 1. The summed E-state index contributed by atoms with van der Waals surface area (Å²) in [6, 6.07) is 5.84. The molecule has 4 rings (SSSR count). The van der Waals surface area contributed by atoms with Crippen LogP contribution in [-0.4, -0.2) is 44.1 Å². The summed E-state index contributed by atoms with van der Waals surface area (Å²) in [7, 11) is 0. The van der Waals surface area contributed by atoms with Crippen LogP contribution in [0.25, 0.3) is 21.9 Å². The van der Waals surface area contributed by atoms with E-state index in [-0.39, 0.29) is 5.92 Å². The van der Waals surface area contributed by atoms with Crippen molar-refractivity contribution in [3.63, 3.8) is 0 Å². The Bertz CT molecular complexity index is 954. The molecule has 1 aliphatic rings. The van der Waals surface area contributed by atoms with E-state index in [1.165, 1.54) is 4.90 Å². The van der Waals surface area contributed by atoms with Gasteiger partial charge in [-0.2, -0.15) is 0 Å². The number of H-pyrrole nitrogens is 1. The number of rotatable bonds is 1. The van der Waals surface area contributed by atoms with Gasteiger partial charge in [0.15, 0.2) is 5.82 Å². The highest BCUT2D eigenvalue weighted by molar-refractivity contribution is 9.10. The SMILES string of the molecule is Nc1nc2cc(Br)ccc2c2[nH]c(C3CCCN(C(=O)O)C3)nc12. The van der Waals surface area contributed by atoms with Gasteiger partial charge >= 0.3 is 6.09 Å². The quantitative estimate of drug-likeness (QED) is 0.591. The van der Waals surface area contributed by atoms with Crippen LogP contribution in [0, 0.1) is 0 Å². The molecule has 1 amide bonds. The molecule has 0 saturated carbocycles. The summed E-state index contributed by atoms with van der Waals surface area (Å²) < 4.78 is 0.936. The number of anilines is 1. The summed E-state index contributed by atoms with van der Waals surface area (Å²) >= 11 is 3.44. The molecule has 8 heteroatoms. The number of aromatic amines is 1. The molecular formula is C16H16BrN5O2. The molecule has 0 aliphatic carbocycles. The molecule has 3 heterocycles. The highest BCUT2D eigenvalue weighted by Gasteiger charge is 2.27. The van der Waals surface area contributed by atoms with Crippen LogP contribution in [0.1, 0.15) is 24.6 Å². The van der Waals surface area contributed by atoms with Gasteiger partial charge in [0.1, 0.15) is 11.3 Å². The second-order valence-electron chi connectivity index (χ2n) is 6.07. The number of hydrogen-bond acceptors (Lipinski definition) is 4. The van der Waals surface area contributed by atoms with E-state index < -0.39 is 6.09 Å². The highest BCUT2D eigenvalue weighted by atomic mass is 79.9. The zero-order chi connectivity index (χ0) is 16.8. The number of carbonyl (C=O) groups is 1. The molecule has 1 fully saturated rings. The van der Waals surface area contributed by atoms with Gasteiger partial charge in [-0.1, -0.05) is 15.9 Å². The minimum absolute atomic E-state index is 0.0483. The van der Waals surface area contributed by atoms with Gasteiger partial charge in [-0.3, -0.25) is 0 Å². The number of nitrogens with two attached hydrogens (primary N) is 1. The zero-order valence-electron chi connectivity index (χ0n) is 12.8. The topological polar surface area (TPSA) is 108 Å². The Balaban J connectivity index is 1.82. The van der Waals surface area contributed by atoms with E-state index in [0.29, 0.717) is 24.4 Å². The minimum atomic E-state index is -0.882. The first kappa shape index (κ1) is 15.2. The Morgan fingerprint density at radius 3 is 3.04 bits per heavy atom. The molecule has 1 unspecified atom stereocenters. The molecule has 124 valence electrons. The number of nitrogens with zero attached hydrogens (tertiary/aromatic N) is 3. The predicted octanol–water partition coefficient (Wildman–Crippen LogP) is 3.31. The molecule has 0 bridgehead atoms. The summed E-state index contributed by atoms with van der Waals surface area (Å²) in [5.74, 6) is 1.20. The van der Waals surface area contributed by atoms with Crippen LogP contribution in [0.5, 0.6) is 0 Å². The number of amides is 1. The van der Waals surface area contributed by atoms with E-state index in [2.05, 4.69) is 30.9 Å². The number of piperidine rings is 1. The second kappa shape index (κ2) is 5.62. The number of carboxylic acid groups (broad SMARTS) is 1. The van der Waals surface area contributed by atoms with Gasteiger partial charge < -0.3 is 20.7 Å². The number of benzene rings is 1. The fraction of sp³-hybridized carbons (Fsp3) is 0.312. The van der Waals surface area contributed by atoms with Crippen molar-refractivity contribution in [3.05, 3.63) is 28.5 Å². The molecule has 1 saturated heterocycles. The smallest absolute Gasteiger partial charge is 0.407 e. The lowest BCUT2D eigenvalue weighted by Crippen LogP contribution is -2.38. The number of pyridine rings is 1. The summed E-state index contributed by atoms with van der Waals surface area (Å²) in [6.07, 6.45) is 0.850. The van der Waals surface area contributed by atoms with Gasteiger partial charge in [-0.25, -0.2) is 14.8 Å². The fourth-order valence-corrected chi connectivity index (χ4v) is 3.68. The highest BCUT2D eigenvalue weighted by Crippen LogP contribution is 2.32. The van der Waals surface area contributed by atoms with Gasteiger partial charge in [-0.15, -0.1) is 0 Å². The van der Waals surface area contributed by atoms with Crippen molar-refractivity contribution in [2.24, 2.45) is 0 Å². The van der Waals surface area contributed by atoms with Gasteiger partial charge in [0, 0.05) is 28.9 Å². The number of nitrogens with one attached hydrogen (secondary N) is 1. The maximum absolute atomic E-state index is 11.2. The maximum Gasteiger partial charge on any atom is 0.407 e. The molecule has 0 radical (unpaired) electrons. The Kier molecular flexibility index (Phi) is 3.56. The van der Waals surface area contributed by atoms with Gasteiger partial charge in [-0.05, 0) is 31.0 Å². The van der Waals surface area contributed by atoms with Crippen LogP contribution in [-0.2, 0) is 0 Å².